The molecule has 2 N–H and O–H groups in total. The van der Waals surface area contributed by atoms with Gasteiger partial charge in [0.05, 0.1) is 11.3 Å². The van der Waals surface area contributed by atoms with Crippen LogP contribution in [0.2, 0.25) is 0 Å². The normalized spacial score (nSPS) is 10.5. The molecule has 2 aromatic heterocycles. The van der Waals surface area contributed by atoms with Crippen LogP contribution >= 0.6 is 0 Å². The zero-order valence-corrected chi connectivity index (χ0v) is 14.1. The molecule has 0 saturated heterocycles. The number of nitrogens with zero attached hydrogens (tertiary/aromatic N) is 4. The van der Waals surface area contributed by atoms with Gasteiger partial charge in [0.15, 0.2) is 5.69 Å². The third kappa shape index (κ3) is 3.74. The van der Waals surface area contributed by atoms with Crippen LogP contribution in [0.15, 0.2) is 42.7 Å². The first-order valence-electron chi connectivity index (χ1n) is 7.65. The van der Waals surface area contributed by atoms with Gasteiger partial charge in [-0.3, -0.25) is 19.0 Å². The second-order valence-corrected chi connectivity index (χ2v) is 5.67. The van der Waals surface area contributed by atoms with Crippen LogP contribution in [0.4, 0.5) is 11.4 Å². The highest BCUT2D eigenvalue weighted by Gasteiger charge is 2.13. The van der Waals surface area contributed by atoms with Crippen LogP contribution in [0, 0.1) is 6.92 Å². The Morgan fingerprint density at radius 3 is 2.20 bits per heavy atom. The number of hydrogen-bond acceptors (Lipinski definition) is 4. The van der Waals surface area contributed by atoms with Crippen molar-refractivity contribution in [3.63, 3.8) is 0 Å². The highest BCUT2D eigenvalue weighted by Crippen LogP contribution is 2.17. The van der Waals surface area contributed by atoms with Crippen LogP contribution in [0.25, 0.3) is 0 Å². The minimum atomic E-state index is -0.313. The fourth-order valence-electron chi connectivity index (χ4n) is 2.43. The molecule has 2 amide bonds. The number of carbonyl (C=O) groups is 2. The minimum absolute atomic E-state index is 0.251. The summed E-state index contributed by atoms with van der Waals surface area (Å²) in [6.45, 7) is 1.78. The average molecular weight is 338 g/mol. The standard InChI is InChI=1S/C17H18N6O2/c1-11-14(10-23(3)20-11)16(24)18-12-5-4-6-13(9-12)19-17(25)15-7-8-22(2)21-15/h4-10H,1-3H3,(H,18,24)(H,19,25). The van der Waals surface area contributed by atoms with Crippen molar-refractivity contribution in [3.8, 4) is 0 Å². The van der Waals surface area contributed by atoms with Gasteiger partial charge in [-0.25, -0.2) is 0 Å². The number of aryl methyl sites for hydroxylation is 3. The Morgan fingerprint density at radius 2 is 1.64 bits per heavy atom. The molecular formula is C17H18N6O2. The molecule has 0 atom stereocenters. The van der Waals surface area contributed by atoms with Gasteiger partial charge in [-0.05, 0) is 31.2 Å². The van der Waals surface area contributed by atoms with Crippen LogP contribution < -0.4 is 10.6 Å². The lowest BCUT2D eigenvalue weighted by Gasteiger charge is -2.08. The van der Waals surface area contributed by atoms with Gasteiger partial charge < -0.3 is 10.6 Å². The van der Waals surface area contributed by atoms with Crippen LogP contribution in [0.3, 0.4) is 0 Å². The van der Waals surface area contributed by atoms with Crippen LogP contribution in [0.1, 0.15) is 26.5 Å². The molecule has 0 fully saturated rings. The van der Waals surface area contributed by atoms with Crippen molar-refractivity contribution in [2.45, 2.75) is 6.92 Å². The van der Waals surface area contributed by atoms with Gasteiger partial charge in [-0.1, -0.05) is 6.07 Å². The van der Waals surface area contributed by atoms with E-state index in [1.54, 1.807) is 73.1 Å². The van der Waals surface area contributed by atoms with Gasteiger partial charge in [0, 0.05) is 37.9 Å². The third-order valence-corrected chi connectivity index (χ3v) is 3.58. The number of nitrogens with one attached hydrogen (secondary N) is 2. The summed E-state index contributed by atoms with van der Waals surface area (Å²) in [6, 6.07) is 8.56. The average Bonchev–Trinajstić information content (AvgIpc) is 3.13. The van der Waals surface area contributed by atoms with E-state index in [9.17, 15) is 9.59 Å². The number of carbonyl (C=O) groups excluding carboxylic acids is 2. The van der Waals surface area contributed by atoms with Gasteiger partial charge in [0.2, 0.25) is 0 Å². The highest BCUT2D eigenvalue weighted by molar-refractivity contribution is 6.06. The quantitative estimate of drug-likeness (QED) is 0.760. The molecule has 128 valence electrons. The van der Waals surface area contributed by atoms with Crippen molar-refractivity contribution in [1.82, 2.24) is 19.6 Å². The maximum absolute atomic E-state index is 12.3. The van der Waals surface area contributed by atoms with Crippen molar-refractivity contribution >= 4 is 23.2 Å². The highest BCUT2D eigenvalue weighted by atomic mass is 16.2. The number of anilines is 2. The fraction of sp³-hybridized carbons (Fsp3) is 0.176. The summed E-state index contributed by atoms with van der Waals surface area (Å²) >= 11 is 0. The Balaban J connectivity index is 1.72. The maximum Gasteiger partial charge on any atom is 0.276 e. The van der Waals surface area contributed by atoms with Gasteiger partial charge in [-0.15, -0.1) is 0 Å². The molecular weight excluding hydrogens is 320 g/mol. The van der Waals surface area contributed by atoms with E-state index in [2.05, 4.69) is 20.8 Å². The lowest BCUT2D eigenvalue weighted by molar-refractivity contribution is 0.101. The van der Waals surface area contributed by atoms with Crippen molar-refractivity contribution in [2.75, 3.05) is 10.6 Å². The zero-order chi connectivity index (χ0) is 18.0. The predicted octanol–water partition coefficient (Wildman–Crippen LogP) is 1.97. The van der Waals surface area contributed by atoms with Gasteiger partial charge in [-0.2, -0.15) is 10.2 Å². The molecule has 0 bridgehead atoms. The predicted molar refractivity (Wildman–Crippen MR) is 93.5 cm³/mol. The van der Waals surface area contributed by atoms with E-state index in [0.29, 0.717) is 28.3 Å². The smallest absolute Gasteiger partial charge is 0.276 e. The first kappa shape index (κ1) is 16.4. The summed E-state index contributed by atoms with van der Waals surface area (Å²) in [5.41, 5.74) is 2.62. The van der Waals surface area contributed by atoms with Crippen molar-refractivity contribution in [3.05, 3.63) is 59.7 Å². The second kappa shape index (κ2) is 6.60. The monoisotopic (exact) mass is 338 g/mol. The van der Waals surface area contributed by atoms with E-state index in [1.807, 2.05) is 0 Å². The van der Waals surface area contributed by atoms with E-state index in [4.69, 9.17) is 0 Å². The van der Waals surface area contributed by atoms with Crippen molar-refractivity contribution < 1.29 is 9.59 Å². The SMILES string of the molecule is Cc1nn(C)cc1C(=O)Nc1cccc(NC(=O)c2ccn(C)n2)c1. The molecule has 8 heteroatoms. The van der Waals surface area contributed by atoms with Crippen LogP contribution in [-0.4, -0.2) is 31.4 Å². The van der Waals surface area contributed by atoms with E-state index < -0.39 is 0 Å². The summed E-state index contributed by atoms with van der Waals surface area (Å²) in [4.78, 5) is 24.5. The van der Waals surface area contributed by atoms with Crippen LogP contribution in [-0.2, 0) is 14.1 Å². The van der Waals surface area contributed by atoms with E-state index in [0.717, 1.165) is 0 Å². The summed E-state index contributed by atoms with van der Waals surface area (Å²) in [5.74, 6) is -0.564. The maximum atomic E-state index is 12.3. The number of hydrogen-bond donors (Lipinski definition) is 2. The van der Waals surface area contributed by atoms with E-state index >= 15 is 0 Å². The number of aromatic nitrogens is 4. The Morgan fingerprint density at radius 1 is 0.960 bits per heavy atom. The lowest BCUT2D eigenvalue weighted by atomic mass is 10.2. The molecule has 0 aliphatic heterocycles. The number of benzene rings is 1. The van der Waals surface area contributed by atoms with Gasteiger partial charge >= 0.3 is 0 Å². The third-order valence-electron chi connectivity index (χ3n) is 3.58. The molecule has 0 saturated carbocycles. The first-order valence-corrected chi connectivity index (χ1v) is 7.65. The Hall–Kier alpha value is -3.42. The Labute approximate surface area is 144 Å². The van der Waals surface area contributed by atoms with E-state index in [-0.39, 0.29) is 11.8 Å². The van der Waals surface area contributed by atoms with Gasteiger partial charge in [0.25, 0.3) is 11.8 Å². The molecule has 8 nitrogen and oxygen atoms in total. The zero-order valence-electron chi connectivity index (χ0n) is 14.1. The first-order chi connectivity index (χ1) is 11.9. The molecule has 3 rings (SSSR count). The lowest BCUT2D eigenvalue weighted by Crippen LogP contribution is -2.14. The number of amides is 2. The van der Waals surface area contributed by atoms with E-state index in [1.165, 1.54) is 0 Å². The fourth-order valence-corrected chi connectivity index (χ4v) is 2.43. The molecule has 0 spiro atoms. The Bertz CT molecular complexity index is 940. The topological polar surface area (TPSA) is 93.8 Å². The molecule has 2 heterocycles. The molecule has 0 unspecified atom stereocenters. The molecule has 0 radical (unpaired) electrons. The summed E-state index contributed by atoms with van der Waals surface area (Å²) in [7, 11) is 3.50. The molecule has 0 aliphatic carbocycles. The largest absolute Gasteiger partial charge is 0.322 e. The Kier molecular flexibility index (Phi) is 4.34. The summed E-state index contributed by atoms with van der Waals surface area (Å²) in [6.07, 6.45) is 3.36. The minimum Gasteiger partial charge on any atom is -0.322 e. The molecule has 3 aromatic rings. The summed E-state index contributed by atoms with van der Waals surface area (Å²) < 4.78 is 3.15. The van der Waals surface area contributed by atoms with Crippen molar-refractivity contribution in [1.29, 1.82) is 0 Å². The molecule has 0 aliphatic rings. The van der Waals surface area contributed by atoms with Gasteiger partial charge in [0.1, 0.15) is 0 Å². The molecule has 1 aromatic carbocycles. The second-order valence-electron chi connectivity index (χ2n) is 5.67. The van der Waals surface area contributed by atoms with Crippen molar-refractivity contribution in [2.24, 2.45) is 14.1 Å². The summed E-state index contributed by atoms with van der Waals surface area (Å²) in [5, 5.41) is 13.8. The number of rotatable bonds is 4. The van der Waals surface area contributed by atoms with Crippen LogP contribution in [0.5, 0.6) is 0 Å². The molecule has 25 heavy (non-hydrogen) atoms.